The molecule has 0 saturated heterocycles. The molecule has 0 aromatic rings. The van der Waals surface area contributed by atoms with E-state index in [4.69, 9.17) is 19.3 Å². The van der Waals surface area contributed by atoms with Gasteiger partial charge in [-0.25, -0.2) is 4.57 Å². The Hall–Kier alpha value is -2.25. The van der Waals surface area contributed by atoms with E-state index < -0.39 is 32.5 Å². The Labute approximate surface area is 279 Å². The monoisotopic (exact) mass is 666 g/mol. The van der Waals surface area contributed by atoms with E-state index in [0.717, 1.165) is 64.2 Å². The maximum absolute atomic E-state index is 12.3. The number of unbranched alkanes of at least 4 members (excludes halogenated alkanes) is 11. The van der Waals surface area contributed by atoms with Crippen LogP contribution in [0.2, 0.25) is 0 Å². The smallest absolute Gasteiger partial charge is 0.462 e. The van der Waals surface area contributed by atoms with E-state index in [9.17, 15) is 14.2 Å². The number of allylic oxidation sites excluding steroid dienone is 10. The van der Waals surface area contributed by atoms with Crippen molar-refractivity contribution < 1.29 is 37.9 Å². The SMILES string of the molecule is CCCC/C=C/CCCCCCCC(=O)O[C@H](COC(=O)CCC/C=C/C/C=C/C/C=C/C/C=C/CCCCC)COP(=O)(O)O. The number of hydrogen-bond donors (Lipinski definition) is 2. The minimum Gasteiger partial charge on any atom is -0.462 e. The highest BCUT2D eigenvalue weighted by atomic mass is 31.2. The molecular formula is C37H63O8P. The second kappa shape index (κ2) is 32.7. The number of hydrogen-bond acceptors (Lipinski definition) is 6. The molecule has 0 unspecified atom stereocenters. The molecule has 0 bridgehead atoms. The molecule has 0 radical (unpaired) electrons. The van der Waals surface area contributed by atoms with Crippen molar-refractivity contribution in [1.82, 2.24) is 0 Å². The van der Waals surface area contributed by atoms with Crippen molar-refractivity contribution >= 4 is 19.8 Å². The van der Waals surface area contributed by atoms with Crippen LogP contribution in [0.3, 0.4) is 0 Å². The lowest BCUT2D eigenvalue weighted by molar-refractivity contribution is -0.161. The predicted octanol–water partition coefficient (Wildman–Crippen LogP) is 10.2. The number of carbonyl (C=O) groups excluding carboxylic acids is 2. The molecule has 1 atom stereocenters. The van der Waals surface area contributed by atoms with E-state index in [0.29, 0.717) is 12.8 Å². The fraction of sp³-hybridized carbons (Fsp3) is 0.676. The molecule has 9 heteroatoms. The first-order valence-electron chi connectivity index (χ1n) is 17.6. The van der Waals surface area contributed by atoms with Crippen molar-refractivity contribution in [2.75, 3.05) is 13.2 Å². The van der Waals surface area contributed by atoms with Crippen LogP contribution < -0.4 is 0 Å². The van der Waals surface area contributed by atoms with E-state index >= 15 is 0 Å². The number of ether oxygens (including phenoxy) is 2. The molecule has 0 aliphatic heterocycles. The standard InChI is InChI=1S/C37H63O8P/c1-3-5-7-9-11-13-15-16-17-18-19-20-22-23-25-27-29-31-36(38)43-33-35(34-44-46(40,41)42)45-37(39)32-30-28-26-24-21-14-12-10-8-6-4-2/h10-13,16-17,19-20,23,25,35H,3-9,14-15,18,21-22,24,26-34H2,1-2H3,(H2,40,41,42)/b12-10+,13-11+,17-16+,20-19+,25-23+/t35-/m1/s1. The van der Waals surface area contributed by atoms with Gasteiger partial charge in [0.05, 0.1) is 6.61 Å². The van der Waals surface area contributed by atoms with E-state index in [1.165, 1.54) is 38.5 Å². The summed E-state index contributed by atoms with van der Waals surface area (Å²) in [6.07, 6.45) is 39.5. The van der Waals surface area contributed by atoms with Gasteiger partial charge in [0, 0.05) is 12.8 Å². The van der Waals surface area contributed by atoms with Crippen molar-refractivity contribution in [2.45, 2.75) is 148 Å². The Bertz CT molecular complexity index is 932. The first kappa shape index (κ1) is 43.8. The highest BCUT2D eigenvalue weighted by Gasteiger charge is 2.22. The average molecular weight is 667 g/mol. The summed E-state index contributed by atoms with van der Waals surface area (Å²) in [7, 11) is -4.76. The molecule has 0 saturated carbocycles. The molecular weight excluding hydrogens is 603 g/mol. The van der Waals surface area contributed by atoms with Crippen molar-refractivity contribution in [3.8, 4) is 0 Å². The summed E-state index contributed by atoms with van der Waals surface area (Å²) >= 11 is 0. The van der Waals surface area contributed by atoms with Crippen molar-refractivity contribution in [1.29, 1.82) is 0 Å². The number of carbonyl (C=O) groups is 2. The third-order valence-electron chi connectivity index (χ3n) is 7.01. The average Bonchev–Trinajstić information content (AvgIpc) is 3.02. The zero-order valence-electron chi connectivity index (χ0n) is 28.7. The first-order chi connectivity index (χ1) is 22.3. The van der Waals surface area contributed by atoms with Crippen LogP contribution >= 0.6 is 7.82 Å². The molecule has 8 nitrogen and oxygen atoms in total. The maximum Gasteiger partial charge on any atom is 0.469 e. The summed E-state index contributed by atoms with van der Waals surface area (Å²) in [6, 6.07) is 0. The third kappa shape index (κ3) is 34.6. The van der Waals surface area contributed by atoms with Gasteiger partial charge in [0.15, 0.2) is 6.10 Å². The summed E-state index contributed by atoms with van der Waals surface area (Å²) in [5.74, 6) is -0.969. The van der Waals surface area contributed by atoms with Crippen LogP contribution in [0.5, 0.6) is 0 Å². The van der Waals surface area contributed by atoms with Crippen LogP contribution in [-0.4, -0.2) is 41.0 Å². The van der Waals surface area contributed by atoms with Crippen LogP contribution in [0.4, 0.5) is 0 Å². The van der Waals surface area contributed by atoms with Gasteiger partial charge in [0.2, 0.25) is 0 Å². The molecule has 264 valence electrons. The van der Waals surface area contributed by atoms with Gasteiger partial charge in [-0.2, -0.15) is 0 Å². The second-order valence-electron chi connectivity index (χ2n) is 11.5. The van der Waals surface area contributed by atoms with Gasteiger partial charge < -0.3 is 19.3 Å². The quantitative estimate of drug-likeness (QED) is 0.0325. The highest BCUT2D eigenvalue weighted by Crippen LogP contribution is 2.35. The molecule has 2 N–H and O–H groups in total. The molecule has 0 aliphatic carbocycles. The lowest BCUT2D eigenvalue weighted by atomic mass is 10.1. The van der Waals surface area contributed by atoms with Crippen LogP contribution in [-0.2, 0) is 28.2 Å². The van der Waals surface area contributed by atoms with E-state index in [2.05, 4.69) is 73.1 Å². The van der Waals surface area contributed by atoms with Crippen LogP contribution in [0.15, 0.2) is 60.8 Å². The van der Waals surface area contributed by atoms with Gasteiger partial charge in [-0.05, 0) is 70.6 Å². The lowest BCUT2D eigenvalue weighted by Crippen LogP contribution is -2.29. The van der Waals surface area contributed by atoms with Gasteiger partial charge in [-0.1, -0.05) is 120 Å². The number of rotatable bonds is 31. The fourth-order valence-corrected chi connectivity index (χ4v) is 4.70. The highest BCUT2D eigenvalue weighted by molar-refractivity contribution is 7.46. The van der Waals surface area contributed by atoms with Gasteiger partial charge in [0.1, 0.15) is 6.61 Å². The summed E-state index contributed by atoms with van der Waals surface area (Å²) in [4.78, 5) is 42.5. The Morgan fingerprint density at radius 3 is 1.61 bits per heavy atom. The van der Waals surface area contributed by atoms with Gasteiger partial charge in [0.25, 0.3) is 0 Å². The van der Waals surface area contributed by atoms with Crippen LogP contribution in [0, 0.1) is 0 Å². The summed E-state index contributed by atoms with van der Waals surface area (Å²) in [5, 5.41) is 0. The Morgan fingerprint density at radius 2 is 1.02 bits per heavy atom. The van der Waals surface area contributed by atoms with E-state index in [1.54, 1.807) is 0 Å². The molecule has 0 amide bonds. The van der Waals surface area contributed by atoms with E-state index in [-0.39, 0.29) is 19.4 Å². The Kier molecular flexibility index (Phi) is 31.1. The molecule has 0 heterocycles. The molecule has 46 heavy (non-hydrogen) atoms. The molecule has 0 aromatic carbocycles. The topological polar surface area (TPSA) is 119 Å². The second-order valence-corrected chi connectivity index (χ2v) is 12.7. The van der Waals surface area contributed by atoms with E-state index in [1.807, 2.05) is 6.08 Å². The zero-order valence-corrected chi connectivity index (χ0v) is 29.6. The number of esters is 2. The van der Waals surface area contributed by atoms with Gasteiger partial charge >= 0.3 is 19.8 Å². The summed E-state index contributed by atoms with van der Waals surface area (Å²) < 4.78 is 26.2. The molecule has 0 aliphatic rings. The maximum atomic E-state index is 12.3. The predicted molar refractivity (Wildman–Crippen MR) is 188 cm³/mol. The molecule has 0 spiro atoms. The third-order valence-corrected chi connectivity index (χ3v) is 7.49. The minimum absolute atomic E-state index is 0.187. The molecule has 0 rings (SSSR count). The lowest BCUT2D eigenvalue weighted by Gasteiger charge is -2.18. The van der Waals surface area contributed by atoms with Gasteiger partial charge in [-0.15, -0.1) is 0 Å². The number of phosphoric ester groups is 1. The first-order valence-corrected chi connectivity index (χ1v) is 19.1. The van der Waals surface area contributed by atoms with Crippen molar-refractivity contribution in [3.63, 3.8) is 0 Å². The normalized spacial score (nSPS) is 13.2. The summed E-state index contributed by atoms with van der Waals surface area (Å²) in [5.41, 5.74) is 0. The number of phosphoric acid groups is 1. The fourth-order valence-electron chi connectivity index (χ4n) is 4.34. The van der Waals surface area contributed by atoms with Gasteiger partial charge in [-0.3, -0.25) is 14.1 Å². The Morgan fingerprint density at radius 1 is 0.565 bits per heavy atom. The van der Waals surface area contributed by atoms with Crippen LogP contribution in [0.25, 0.3) is 0 Å². The largest absolute Gasteiger partial charge is 0.469 e. The van der Waals surface area contributed by atoms with Crippen molar-refractivity contribution in [2.24, 2.45) is 0 Å². The summed E-state index contributed by atoms with van der Waals surface area (Å²) in [6.45, 7) is 3.53. The minimum atomic E-state index is -4.76. The molecule has 0 fully saturated rings. The van der Waals surface area contributed by atoms with Crippen LogP contribution in [0.1, 0.15) is 142 Å². The zero-order chi connectivity index (χ0) is 34.0. The Balaban J connectivity index is 4.12. The molecule has 0 aromatic heterocycles. The van der Waals surface area contributed by atoms with Crippen molar-refractivity contribution in [3.05, 3.63) is 60.8 Å².